The molecule has 21 heavy (non-hydrogen) atoms. The summed E-state index contributed by atoms with van der Waals surface area (Å²) in [6.07, 6.45) is 5.07. The Balaban J connectivity index is 1.77. The lowest BCUT2D eigenvalue weighted by molar-refractivity contribution is 0.156. The summed E-state index contributed by atoms with van der Waals surface area (Å²) >= 11 is 12.4. The van der Waals surface area contributed by atoms with Crippen molar-refractivity contribution in [1.29, 1.82) is 0 Å². The summed E-state index contributed by atoms with van der Waals surface area (Å²) < 4.78 is 2.35. The first-order valence-corrected chi connectivity index (χ1v) is 8.64. The maximum absolute atomic E-state index is 6.30. The molecule has 5 heteroatoms. The highest BCUT2D eigenvalue weighted by molar-refractivity contribution is 6.35. The van der Waals surface area contributed by atoms with Crippen LogP contribution >= 0.6 is 23.2 Å². The van der Waals surface area contributed by atoms with Crippen LogP contribution in [0.25, 0.3) is 11.0 Å². The maximum Gasteiger partial charge on any atom is 0.125 e. The van der Waals surface area contributed by atoms with E-state index < -0.39 is 0 Å². The van der Waals surface area contributed by atoms with E-state index in [2.05, 4.69) is 20.5 Å². The molecule has 2 atom stereocenters. The van der Waals surface area contributed by atoms with E-state index in [9.17, 15) is 0 Å². The van der Waals surface area contributed by atoms with Crippen LogP contribution in [0.2, 0.25) is 5.02 Å². The third-order valence-corrected chi connectivity index (χ3v) is 5.57. The molecule has 0 spiro atoms. The molecule has 2 fully saturated rings. The molecule has 3 nitrogen and oxygen atoms in total. The fourth-order valence-electron chi connectivity index (χ4n) is 4.07. The Bertz CT molecular complexity index is 667. The molecule has 112 valence electrons. The van der Waals surface area contributed by atoms with Gasteiger partial charge in [-0.25, -0.2) is 4.98 Å². The van der Waals surface area contributed by atoms with Crippen LogP contribution in [-0.2, 0) is 5.88 Å². The molecule has 2 aromatic rings. The summed E-state index contributed by atoms with van der Waals surface area (Å²) in [7, 11) is 0. The van der Waals surface area contributed by atoms with Gasteiger partial charge < -0.3 is 9.47 Å². The number of aromatic nitrogens is 2. The van der Waals surface area contributed by atoms with Gasteiger partial charge in [-0.15, -0.1) is 11.6 Å². The Kier molecular flexibility index (Phi) is 3.60. The van der Waals surface area contributed by atoms with E-state index in [1.807, 2.05) is 12.1 Å². The van der Waals surface area contributed by atoms with E-state index in [4.69, 9.17) is 23.2 Å². The zero-order chi connectivity index (χ0) is 14.4. The Hall–Kier alpha value is -0.770. The van der Waals surface area contributed by atoms with Crippen molar-refractivity contribution in [1.82, 2.24) is 14.5 Å². The number of fused-ring (bicyclic) bond motifs is 2. The first-order chi connectivity index (χ1) is 10.3. The molecule has 1 aromatic carbocycles. The van der Waals surface area contributed by atoms with E-state index in [0.717, 1.165) is 27.9 Å². The minimum atomic E-state index is 0.440. The fourth-order valence-corrected chi connectivity index (χ4v) is 4.47. The zero-order valence-corrected chi connectivity index (χ0v) is 13.4. The van der Waals surface area contributed by atoms with Gasteiger partial charge in [0.1, 0.15) is 11.3 Å². The first kappa shape index (κ1) is 13.9. The third-order valence-electron chi connectivity index (χ3n) is 5.02. The summed E-state index contributed by atoms with van der Waals surface area (Å²) in [6.45, 7) is 2.47. The summed E-state index contributed by atoms with van der Waals surface area (Å²) in [4.78, 5) is 7.32. The lowest BCUT2D eigenvalue weighted by Gasteiger charge is -2.36. The van der Waals surface area contributed by atoms with E-state index in [1.165, 1.54) is 38.8 Å². The van der Waals surface area contributed by atoms with Crippen molar-refractivity contribution in [3.05, 3.63) is 29.0 Å². The Labute approximate surface area is 134 Å². The van der Waals surface area contributed by atoms with Crippen LogP contribution in [0.4, 0.5) is 0 Å². The number of hydrogen-bond acceptors (Lipinski definition) is 2. The number of benzene rings is 1. The lowest BCUT2D eigenvalue weighted by atomic mass is 9.97. The molecule has 2 saturated heterocycles. The average Bonchev–Trinajstić information content (AvgIpc) is 3.10. The molecular weight excluding hydrogens is 305 g/mol. The van der Waals surface area contributed by atoms with Gasteiger partial charge in [0.15, 0.2) is 0 Å². The number of rotatable bonds is 2. The second kappa shape index (κ2) is 5.45. The number of hydrogen-bond donors (Lipinski definition) is 0. The number of nitrogens with zero attached hydrogens (tertiary/aromatic N) is 3. The van der Waals surface area contributed by atoms with Crippen LogP contribution in [0.3, 0.4) is 0 Å². The second-order valence-corrected chi connectivity index (χ2v) is 6.82. The highest BCUT2D eigenvalue weighted by Crippen LogP contribution is 2.37. The molecule has 4 rings (SSSR count). The van der Waals surface area contributed by atoms with Crippen LogP contribution in [0, 0.1) is 0 Å². The number of imidazole rings is 1. The molecule has 0 N–H and O–H groups in total. The Morgan fingerprint density at radius 1 is 1.19 bits per heavy atom. The van der Waals surface area contributed by atoms with E-state index >= 15 is 0 Å². The highest BCUT2D eigenvalue weighted by Gasteiger charge is 2.33. The quantitative estimate of drug-likeness (QED) is 0.771. The van der Waals surface area contributed by atoms with Gasteiger partial charge in [-0.1, -0.05) is 17.7 Å². The number of piperidine rings is 1. The van der Waals surface area contributed by atoms with Gasteiger partial charge in [0.2, 0.25) is 0 Å². The van der Waals surface area contributed by atoms with Crippen LogP contribution in [0.1, 0.15) is 37.5 Å². The summed E-state index contributed by atoms with van der Waals surface area (Å²) in [5.74, 6) is 1.40. The second-order valence-electron chi connectivity index (χ2n) is 6.15. The van der Waals surface area contributed by atoms with Gasteiger partial charge in [-0.05, 0) is 44.4 Å². The molecule has 2 aliphatic rings. The smallest absolute Gasteiger partial charge is 0.125 e. The van der Waals surface area contributed by atoms with Crippen molar-refractivity contribution in [2.24, 2.45) is 0 Å². The molecule has 1 aromatic heterocycles. The Morgan fingerprint density at radius 2 is 2.10 bits per heavy atom. The topological polar surface area (TPSA) is 21.1 Å². The zero-order valence-electron chi connectivity index (χ0n) is 11.9. The summed E-state index contributed by atoms with van der Waals surface area (Å²) in [6, 6.07) is 7.26. The van der Waals surface area contributed by atoms with Crippen LogP contribution in [-0.4, -0.2) is 33.6 Å². The highest BCUT2D eigenvalue weighted by atomic mass is 35.5. The number of para-hydroxylation sites is 1. The monoisotopic (exact) mass is 323 g/mol. The molecule has 0 radical (unpaired) electrons. The van der Waals surface area contributed by atoms with Crippen molar-refractivity contribution in [2.45, 2.75) is 43.6 Å². The first-order valence-electron chi connectivity index (χ1n) is 7.73. The molecule has 0 saturated carbocycles. The third kappa shape index (κ3) is 2.26. The molecule has 0 bridgehead atoms. The van der Waals surface area contributed by atoms with Gasteiger partial charge in [0.05, 0.1) is 16.4 Å². The fraction of sp³-hybridized carbons (Fsp3) is 0.562. The van der Waals surface area contributed by atoms with Gasteiger partial charge in [0.25, 0.3) is 0 Å². The molecule has 2 unspecified atom stereocenters. The normalized spacial score (nSPS) is 26.4. The van der Waals surface area contributed by atoms with Crippen molar-refractivity contribution in [2.75, 3.05) is 13.1 Å². The van der Waals surface area contributed by atoms with Crippen molar-refractivity contribution >= 4 is 34.2 Å². The summed E-state index contributed by atoms with van der Waals surface area (Å²) in [5, 5.41) is 0.718. The number of alkyl halides is 1. The van der Waals surface area contributed by atoms with E-state index in [1.54, 1.807) is 0 Å². The molecular formula is C16H19Cl2N3. The Morgan fingerprint density at radius 3 is 2.95 bits per heavy atom. The van der Waals surface area contributed by atoms with Gasteiger partial charge in [0, 0.05) is 18.6 Å². The lowest BCUT2D eigenvalue weighted by Crippen LogP contribution is -2.38. The van der Waals surface area contributed by atoms with Crippen molar-refractivity contribution in [3.63, 3.8) is 0 Å². The standard InChI is InChI=1S/C16H19Cl2N3/c17-10-15-19-16-13(18)4-1-5-14(16)21(15)12-6-8-20-7-2-3-11(20)9-12/h1,4-5,11-12H,2-3,6-10H2. The van der Waals surface area contributed by atoms with Crippen molar-refractivity contribution in [3.8, 4) is 0 Å². The summed E-state index contributed by atoms with van der Waals surface area (Å²) in [5.41, 5.74) is 2.03. The van der Waals surface area contributed by atoms with Crippen LogP contribution in [0.15, 0.2) is 18.2 Å². The largest absolute Gasteiger partial charge is 0.324 e. The minimum Gasteiger partial charge on any atom is -0.324 e. The van der Waals surface area contributed by atoms with E-state index in [-0.39, 0.29) is 0 Å². The predicted octanol–water partition coefficient (Wildman–Crippen LogP) is 4.23. The SMILES string of the molecule is ClCc1nc2c(Cl)cccc2n1C1CCN2CCCC2C1. The minimum absolute atomic E-state index is 0.440. The molecule has 0 amide bonds. The van der Waals surface area contributed by atoms with Gasteiger partial charge in [-0.2, -0.15) is 0 Å². The average molecular weight is 324 g/mol. The van der Waals surface area contributed by atoms with E-state index in [0.29, 0.717) is 11.9 Å². The van der Waals surface area contributed by atoms with Crippen molar-refractivity contribution < 1.29 is 0 Å². The molecule has 0 aliphatic carbocycles. The molecule has 2 aliphatic heterocycles. The predicted molar refractivity (Wildman–Crippen MR) is 87.2 cm³/mol. The maximum atomic E-state index is 6.30. The van der Waals surface area contributed by atoms with Gasteiger partial charge in [-0.3, -0.25) is 0 Å². The van der Waals surface area contributed by atoms with Crippen LogP contribution < -0.4 is 0 Å². The number of halogens is 2. The molecule has 3 heterocycles. The van der Waals surface area contributed by atoms with Gasteiger partial charge >= 0.3 is 0 Å². The van der Waals surface area contributed by atoms with Crippen LogP contribution in [0.5, 0.6) is 0 Å².